The summed E-state index contributed by atoms with van der Waals surface area (Å²) in [7, 11) is 0. The average Bonchev–Trinajstić information content (AvgIpc) is 3.23. The summed E-state index contributed by atoms with van der Waals surface area (Å²) in [5, 5.41) is 19.9. The smallest absolute Gasteiger partial charge is 0.265 e. The van der Waals surface area contributed by atoms with Gasteiger partial charge in [0.15, 0.2) is 6.10 Å². The van der Waals surface area contributed by atoms with Crippen LogP contribution in [0.4, 0.5) is 17.1 Å². The van der Waals surface area contributed by atoms with Crippen molar-refractivity contribution in [1.82, 2.24) is 0 Å². The number of aryl methyl sites for hydroxylation is 2. The summed E-state index contributed by atoms with van der Waals surface area (Å²) >= 11 is 6.51. The highest BCUT2D eigenvalue weighted by Gasteiger charge is 2.50. The van der Waals surface area contributed by atoms with Crippen molar-refractivity contribution in [2.24, 2.45) is 0 Å². The summed E-state index contributed by atoms with van der Waals surface area (Å²) in [4.78, 5) is 39.3. The number of carbonyl (C=O) groups is 3. The molecular formula is C32H34ClN3O5. The summed E-state index contributed by atoms with van der Waals surface area (Å²) < 4.78 is 6.00. The predicted octanol–water partition coefficient (Wildman–Crippen LogP) is 6.86. The van der Waals surface area contributed by atoms with Crippen LogP contribution in [0.1, 0.15) is 72.5 Å². The number of halogens is 1. The largest absolute Gasteiger partial charge is 0.505 e. The number of carbonyl (C=O) groups excluding carboxylic acids is 3. The Morgan fingerprint density at radius 3 is 2.54 bits per heavy atom. The fraction of sp³-hybridized carbons (Fsp3) is 0.344. The van der Waals surface area contributed by atoms with Gasteiger partial charge in [-0.2, -0.15) is 0 Å². The van der Waals surface area contributed by atoms with Crippen LogP contribution in [-0.2, 0) is 15.0 Å². The highest BCUT2D eigenvalue weighted by molar-refractivity contribution is 6.35. The van der Waals surface area contributed by atoms with Crippen molar-refractivity contribution in [3.05, 3.63) is 75.8 Å². The van der Waals surface area contributed by atoms with E-state index in [-0.39, 0.29) is 33.8 Å². The van der Waals surface area contributed by atoms with E-state index in [2.05, 4.69) is 16.0 Å². The summed E-state index contributed by atoms with van der Waals surface area (Å²) in [5.41, 5.74) is 2.90. The molecule has 0 saturated heterocycles. The first-order chi connectivity index (χ1) is 19.6. The number of amides is 3. The maximum absolute atomic E-state index is 13.3. The van der Waals surface area contributed by atoms with Crippen molar-refractivity contribution in [3.8, 4) is 11.5 Å². The molecule has 1 fully saturated rings. The van der Waals surface area contributed by atoms with Crippen LogP contribution in [0.15, 0.2) is 48.5 Å². The number of hydrogen-bond donors (Lipinski definition) is 4. The molecule has 3 aromatic carbocycles. The zero-order valence-corrected chi connectivity index (χ0v) is 24.2. The lowest BCUT2D eigenvalue weighted by molar-refractivity contribution is -0.123. The third-order valence-corrected chi connectivity index (χ3v) is 8.31. The van der Waals surface area contributed by atoms with Crippen LogP contribution >= 0.6 is 11.6 Å². The molecule has 214 valence electrons. The number of nitrogens with one attached hydrogen (secondary N) is 3. The SMILES string of the molecule is CCC(Oc1ccc(C)cc1C)C(=O)Nc1cccc(C(=O)Nc2cc(Cl)c3c(c2O)C2(CCCCC2)C(=O)N3)c1. The number of rotatable bonds is 7. The van der Waals surface area contributed by atoms with Gasteiger partial charge in [-0.3, -0.25) is 14.4 Å². The molecule has 1 unspecified atom stereocenters. The summed E-state index contributed by atoms with van der Waals surface area (Å²) in [6, 6.07) is 13.7. The molecule has 0 bridgehead atoms. The highest BCUT2D eigenvalue weighted by Crippen LogP contribution is 2.55. The second-order valence-electron chi connectivity index (χ2n) is 10.9. The number of ether oxygens (including phenoxy) is 1. The maximum Gasteiger partial charge on any atom is 0.265 e. The molecule has 0 radical (unpaired) electrons. The normalized spacial score (nSPS) is 16.0. The standard InChI is InChI=1S/C32H34ClN3O5/c1-4-24(41-25-12-11-18(2)15-19(25)3)30(39)34-21-10-8-9-20(16-21)29(38)35-23-17-22(33)27-26(28(23)37)32(31(40)36-27)13-6-5-7-14-32/h8-12,15-17,24,37H,4-7,13-14H2,1-3H3,(H,34,39)(H,35,38)(H,36,40). The zero-order valence-electron chi connectivity index (χ0n) is 23.4. The molecule has 1 spiro atoms. The third-order valence-electron chi connectivity index (χ3n) is 8.01. The molecule has 4 N–H and O–H groups in total. The van der Waals surface area contributed by atoms with Crippen molar-refractivity contribution >= 4 is 46.4 Å². The van der Waals surface area contributed by atoms with Crippen molar-refractivity contribution < 1.29 is 24.2 Å². The lowest BCUT2D eigenvalue weighted by Gasteiger charge is -2.32. The van der Waals surface area contributed by atoms with Gasteiger partial charge in [-0.05, 0) is 69.0 Å². The van der Waals surface area contributed by atoms with E-state index < -0.39 is 17.4 Å². The molecule has 1 atom stereocenters. The second kappa shape index (κ2) is 11.4. The van der Waals surface area contributed by atoms with Gasteiger partial charge in [-0.25, -0.2) is 0 Å². The Morgan fingerprint density at radius 1 is 1.07 bits per heavy atom. The van der Waals surface area contributed by atoms with Crippen LogP contribution in [0.2, 0.25) is 5.02 Å². The summed E-state index contributed by atoms with van der Waals surface area (Å²) in [5.74, 6) is -0.505. The number of anilines is 3. The van der Waals surface area contributed by atoms with Gasteiger partial charge >= 0.3 is 0 Å². The fourth-order valence-electron chi connectivity index (χ4n) is 5.86. The quantitative estimate of drug-likeness (QED) is 0.229. The van der Waals surface area contributed by atoms with Crippen molar-refractivity contribution in [1.29, 1.82) is 0 Å². The van der Waals surface area contributed by atoms with E-state index in [0.29, 0.717) is 42.0 Å². The van der Waals surface area contributed by atoms with Crippen LogP contribution in [0.25, 0.3) is 0 Å². The van der Waals surface area contributed by atoms with Crippen LogP contribution in [0, 0.1) is 13.8 Å². The Labute approximate surface area is 244 Å². The second-order valence-corrected chi connectivity index (χ2v) is 11.3. The van der Waals surface area contributed by atoms with E-state index in [9.17, 15) is 19.5 Å². The third kappa shape index (κ3) is 5.48. The van der Waals surface area contributed by atoms with E-state index in [1.54, 1.807) is 24.3 Å². The van der Waals surface area contributed by atoms with Gasteiger partial charge in [0.05, 0.1) is 21.8 Å². The Morgan fingerprint density at radius 2 is 1.83 bits per heavy atom. The Bertz CT molecular complexity index is 1530. The molecule has 0 aromatic heterocycles. The van der Waals surface area contributed by atoms with Gasteiger partial charge in [0.2, 0.25) is 5.91 Å². The Kier molecular flexibility index (Phi) is 7.95. The Hall–Kier alpha value is -4.04. The first kappa shape index (κ1) is 28.5. The summed E-state index contributed by atoms with van der Waals surface area (Å²) in [6.07, 6.45) is 3.72. The topological polar surface area (TPSA) is 117 Å². The lowest BCUT2D eigenvalue weighted by Crippen LogP contribution is -2.36. The van der Waals surface area contributed by atoms with E-state index in [1.807, 2.05) is 39.0 Å². The molecule has 41 heavy (non-hydrogen) atoms. The number of phenols is 1. The first-order valence-corrected chi connectivity index (χ1v) is 14.3. The zero-order chi connectivity index (χ0) is 29.3. The van der Waals surface area contributed by atoms with Gasteiger partial charge in [0.25, 0.3) is 11.8 Å². The summed E-state index contributed by atoms with van der Waals surface area (Å²) in [6.45, 7) is 5.80. The van der Waals surface area contributed by atoms with E-state index in [4.69, 9.17) is 16.3 Å². The van der Waals surface area contributed by atoms with Gasteiger partial charge in [-0.15, -0.1) is 0 Å². The molecule has 1 saturated carbocycles. The van der Waals surface area contributed by atoms with Crippen LogP contribution in [0.5, 0.6) is 11.5 Å². The van der Waals surface area contributed by atoms with Gasteiger partial charge in [0, 0.05) is 16.8 Å². The predicted molar refractivity (Wildman–Crippen MR) is 160 cm³/mol. The molecule has 9 heteroatoms. The van der Waals surface area contributed by atoms with Gasteiger partial charge < -0.3 is 25.8 Å². The molecule has 3 aromatic rings. The molecule has 1 heterocycles. The highest BCUT2D eigenvalue weighted by atomic mass is 35.5. The monoisotopic (exact) mass is 575 g/mol. The van der Waals surface area contributed by atoms with Gasteiger partial charge in [0.1, 0.15) is 11.5 Å². The van der Waals surface area contributed by atoms with Crippen LogP contribution in [0.3, 0.4) is 0 Å². The maximum atomic E-state index is 13.3. The molecule has 2 aliphatic rings. The number of aromatic hydroxyl groups is 1. The molecular weight excluding hydrogens is 542 g/mol. The molecule has 3 amide bonds. The van der Waals surface area contributed by atoms with Crippen molar-refractivity contribution in [3.63, 3.8) is 0 Å². The minimum atomic E-state index is -0.846. The lowest BCUT2D eigenvalue weighted by atomic mass is 9.70. The van der Waals surface area contributed by atoms with E-state index in [1.165, 1.54) is 6.07 Å². The van der Waals surface area contributed by atoms with E-state index in [0.717, 1.165) is 30.4 Å². The fourth-order valence-corrected chi connectivity index (χ4v) is 6.12. The van der Waals surface area contributed by atoms with Crippen molar-refractivity contribution in [2.75, 3.05) is 16.0 Å². The number of benzene rings is 3. The van der Waals surface area contributed by atoms with E-state index >= 15 is 0 Å². The van der Waals surface area contributed by atoms with Crippen LogP contribution in [-0.4, -0.2) is 28.9 Å². The minimum Gasteiger partial charge on any atom is -0.505 e. The first-order valence-electron chi connectivity index (χ1n) is 14.0. The van der Waals surface area contributed by atoms with Crippen molar-refractivity contribution in [2.45, 2.75) is 70.8 Å². The van der Waals surface area contributed by atoms with Gasteiger partial charge in [-0.1, -0.05) is 61.5 Å². The minimum absolute atomic E-state index is 0.127. The molecule has 8 nitrogen and oxygen atoms in total. The number of phenolic OH excluding ortho intramolecular Hbond substituents is 1. The van der Waals surface area contributed by atoms with Crippen LogP contribution < -0.4 is 20.7 Å². The molecule has 1 aliphatic heterocycles. The molecule has 1 aliphatic carbocycles. The molecule has 5 rings (SSSR count). The number of fused-ring (bicyclic) bond motifs is 2. The number of hydrogen-bond acceptors (Lipinski definition) is 5. The Balaban J connectivity index is 1.33. The average molecular weight is 576 g/mol.